The Balaban J connectivity index is 1.88. The van der Waals surface area contributed by atoms with E-state index in [-0.39, 0.29) is 5.75 Å². The van der Waals surface area contributed by atoms with Crippen molar-refractivity contribution in [3.8, 4) is 0 Å². The molecule has 0 spiro atoms. The fourth-order valence-corrected chi connectivity index (χ4v) is 3.52. The van der Waals surface area contributed by atoms with Crippen LogP contribution in [0.15, 0.2) is 28.5 Å². The summed E-state index contributed by atoms with van der Waals surface area (Å²) < 4.78 is 30.7. The van der Waals surface area contributed by atoms with Crippen molar-refractivity contribution in [1.29, 1.82) is 0 Å². The predicted molar refractivity (Wildman–Crippen MR) is 76.6 cm³/mol. The monoisotopic (exact) mass is 299 g/mol. The molecule has 112 valence electrons. The SMILES string of the molecule is CC(C)=CCN1CCN(S(=O)(=O)Cc2ccon2)CC1. The predicted octanol–water partition coefficient (Wildman–Crippen LogP) is 1.09. The molecule has 0 bridgehead atoms. The van der Waals surface area contributed by atoms with Crippen molar-refractivity contribution in [1.82, 2.24) is 14.4 Å². The fourth-order valence-electron chi connectivity index (χ4n) is 2.09. The molecule has 0 aliphatic carbocycles. The first-order valence-corrected chi connectivity index (χ1v) is 8.31. The van der Waals surface area contributed by atoms with Gasteiger partial charge in [-0.05, 0) is 13.8 Å². The first kappa shape index (κ1) is 15.2. The molecule has 0 radical (unpaired) electrons. The molecule has 2 rings (SSSR count). The standard InChI is InChI=1S/C13H21N3O3S/c1-12(2)3-5-15-6-8-16(9-7-15)20(17,18)11-13-4-10-19-14-13/h3-4,10H,5-9,11H2,1-2H3. The molecule has 1 aliphatic rings. The molecule has 0 atom stereocenters. The third-order valence-corrected chi connectivity index (χ3v) is 5.12. The van der Waals surface area contributed by atoms with E-state index in [1.807, 2.05) is 0 Å². The smallest absolute Gasteiger partial charge is 0.220 e. The Morgan fingerprint density at radius 2 is 2.05 bits per heavy atom. The van der Waals surface area contributed by atoms with Crippen molar-refractivity contribution in [3.05, 3.63) is 29.7 Å². The molecule has 0 saturated carbocycles. The highest BCUT2D eigenvalue weighted by molar-refractivity contribution is 7.88. The van der Waals surface area contributed by atoms with Gasteiger partial charge in [0, 0.05) is 38.8 Å². The molecule has 1 aliphatic heterocycles. The molecule has 2 heterocycles. The van der Waals surface area contributed by atoms with Crippen molar-refractivity contribution in [2.75, 3.05) is 32.7 Å². The van der Waals surface area contributed by atoms with Gasteiger partial charge in [0.05, 0.1) is 5.69 Å². The van der Waals surface area contributed by atoms with Gasteiger partial charge < -0.3 is 4.52 Å². The Bertz CT molecular complexity index is 539. The maximum Gasteiger partial charge on any atom is 0.220 e. The molecule has 1 aromatic heterocycles. The van der Waals surface area contributed by atoms with Crippen molar-refractivity contribution in [2.45, 2.75) is 19.6 Å². The highest BCUT2D eigenvalue weighted by atomic mass is 32.2. The summed E-state index contributed by atoms with van der Waals surface area (Å²) in [6.45, 7) is 7.63. The minimum absolute atomic E-state index is 0.0858. The van der Waals surface area contributed by atoms with Crippen LogP contribution in [0.25, 0.3) is 0 Å². The molecule has 1 aromatic rings. The molecule has 0 amide bonds. The van der Waals surface area contributed by atoms with E-state index in [9.17, 15) is 8.42 Å². The summed E-state index contributed by atoms with van der Waals surface area (Å²) in [4.78, 5) is 2.26. The fraction of sp³-hybridized carbons (Fsp3) is 0.615. The summed E-state index contributed by atoms with van der Waals surface area (Å²) in [5, 5.41) is 3.66. The highest BCUT2D eigenvalue weighted by Gasteiger charge is 2.27. The lowest BCUT2D eigenvalue weighted by Crippen LogP contribution is -2.48. The minimum Gasteiger partial charge on any atom is -0.364 e. The zero-order chi connectivity index (χ0) is 14.6. The Labute approximate surface area is 120 Å². The average molecular weight is 299 g/mol. The van der Waals surface area contributed by atoms with E-state index in [1.54, 1.807) is 10.4 Å². The van der Waals surface area contributed by atoms with Crippen LogP contribution in [0.3, 0.4) is 0 Å². The second-order valence-electron chi connectivity index (χ2n) is 5.23. The molecular formula is C13H21N3O3S. The van der Waals surface area contributed by atoms with Crippen molar-refractivity contribution in [2.24, 2.45) is 0 Å². The third-order valence-electron chi connectivity index (χ3n) is 3.30. The summed E-state index contributed by atoms with van der Waals surface area (Å²) in [6, 6.07) is 1.59. The topological polar surface area (TPSA) is 66.7 Å². The third kappa shape index (κ3) is 4.16. The van der Waals surface area contributed by atoms with Gasteiger partial charge in [0.15, 0.2) is 0 Å². The Hall–Kier alpha value is -1.18. The second kappa shape index (κ2) is 6.51. The number of aromatic nitrogens is 1. The van der Waals surface area contributed by atoms with Crippen molar-refractivity contribution in [3.63, 3.8) is 0 Å². The molecule has 7 heteroatoms. The van der Waals surface area contributed by atoms with Gasteiger partial charge in [-0.1, -0.05) is 16.8 Å². The molecule has 6 nitrogen and oxygen atoms in total. The van der Waals surface area contributed by atoms with E-state index in [0.29, 0.717) is 18.8 Å². The van der Waals surface area contributed by atoms with Crippen LogP contribution in [0.2, 0.25) is 0 Å². The highest BCUT2D eigenvalue weighted by Crippen LogP contribution is 2.12. The molecular weight excluding hydrogens is 278 g/mol. The van der Waals surface area contributed by atoms with Crippen molar-refractivity contribution < 1.29 is 12.9 Å². The van der Waals surface area contributed by atoms with Gasteiger partial charge in [-0.3, -0.25) is 4.90 Å². The first-order valence-electron chi connectivity index (χ1n) is 6.70. The minimum atomic E-state index is -3.29. The zero-order valence-corrected chi connectivity index (χ0v) is 12.8. The van der Waals surface area contributed by atoms with Gasteiger partial charge in [0.25, 0.3) is 0 Å². The summed E-state index contributed by atoms with van der Waals surface area (Å²) in [6.07, 6.45) is 3.56. The molecule has 0 unspecified atom stereocenters. The van der Waals surface area contributed by atoms with E-state index in [2.05, 4.69) is 34.5 Å². The number of allylic oxidation sites excluding steroid dienone is 1. The van der Waals surface area contributed by atoms with Crippen LogP contribution in [-0.4, -0.2) is 55.5 Å². The molecule has 20 heavy (non-hydrogen) atoms. The van der Waals surface area contributed by atoms with E-state index in [1.165, 1.54) is 11.8 Å². The van der Waals surface area contributed by atoms with Crippen LogP contribution in [0, 0.1) is 0 Å². The maximum absolute atomic E-state index is 12.2. The second-order valence-corrected chi connectivity index (χ2v) is 7.20. The van der Waals surface area contributed by atoms with E-state index in [0.717, 1.165) is 19.6 Å². The van der Waals surface area contributed by atoms with Gasteiger partial charge in [-0.15, -0.1) is 0 Å². The number of sulfonamides is 1. The van der Waals surface area contributed by atoms with E-state index < -0.39 is 10.0 Å². The normalized spacial score (nSPS) is 18.1. The van der Waals surface area contributed by atoms with Crippen LogP contribution >= 0.6 is 0 Å². The van der Waals surface area contributed by atoms with Gasteiger partial charge in [0.2, 0.25) is 10.0 Å². The Morgan fingerprint density at radius 3 is 2.60 bits per heavy atom. The van der Waals surface area contributed by atoms with Gasteiger partial charge in [0.1, 0.15) is 12.0 Å². The number of piperazine rings is 1. The van der Waals surface area contributed by atoms with Crippen molar-refractivity contribution >= 4 is 10.0 Å². The summed E-state index contributed by atoms with van der Waals surface area (Å²) in [5.41, 5.74) is 1.74. The lowest BCUT2D eigenvalue weighted by molar-refractivity contribution is 0.204. The van der Waals surface area contributed by atoms with E-state index >= 15 is 0 Å². The Morgan fingerprint density at radius 1 is 1.35 bits per heavy atom. The zero-order valence-electron chi connectivity index (χ0n) is 11.9. The number of hydrogen-bond donors (Lipinski definition) is 0. The quantitative estimate of drug-likeness (QED) is 0.761. The number of rotatable bonds is 5. The summed E-state index contributed by atoms with van der Waals surface area (Å²) >= 11 is 0. The van der Waals surface area contributed by atoms with Crippen LogP contribution in [0.5, 0.6) is 0 Å². The van der Waals surface area contributed by atoms with Crippen LogP contribution < -0.4 is 0 Å². The number of nitrogens with zero attached hydrogens (tertiary/aromatic N) is 3. The molecule has 0 aromatic carbocycles. The van der Waals surface area contributed by atoms with Gasteiger partial charge in [-0.25, -0.2) is 8.42 Å². The van der Waals surface area contributed by atoms with E-state index in [4.69, 9.17) is 0 Å². The summed E-state index contributed by atoms with van der Waals surface area (Å²) in [5.74, 6) is -0.0858. The number of hydrogen-bond acceptors (Lipinski definition) is 5. The molecule has 0 N–H and O–H groups in total. The largest absolute Gasteiger partial charge is 0.364 e. The maximum atomic E-state index is 12.2. The van der Waals surface area contributed by atoms with Gasteiger partial charge in [-0.2, -0.15) is 4.31 Å². The first-order chi connectivity index (χ1) is 9.47. The average Bonchev–Trinajstić information content (AvgIpc) is 2.89. The molecule has 1 fully saturated rings. The Kier molecular flexibility index (Phi) is 4.95. The lowest BCUT2D eigenvalue weighted by Gasteiger charge is -2.33. The van der Waals surface area contributed by atoms with Crippen LogP contribution in [0.1, 0.15) is 19.5 Å². The molecule has 1 saturated heterocycles. The van der Waals surface area contributed by atoms with Crippen LogP contribution in [-0.2, 0) is 15.8 Å². The lowest BCUT2D eigenvalue weighted by atomic mass is 10.3. The summed E-state index contributed by atoms with van der Waals surface area (Å²) in [7, 11) is -3.29. The van der Waals surface area contributed by atoms with Crippen LogP contribution in [0.4, 0.5) is 0 Å². The van der Waals surface area contributed by atoms with Gasteiger partial charge >= 0.3 is 0 Å².